The molecule has 2 aromatic carbocycles. The van der Waals surface area contributed by atoms with Gasteiger partial charge in [-0.1, -0.05) is 18.2 Å². The second-order valence-electron chi connectivity index (χ2n) is 6.99. The molecule has 1 fully saturated rings. The first kappa shape index (κ1) is 19.1. The van der Waals surface area contributed by atoms with Gasteiger partial charge in [0.2, 0.25) is 5.95 Å². The maximum absolute atomic E-state index is 13.1. The van der Waals surface area contributed by atoms with E-state index in [4.69, 9.17) is 4.74 Å². The van der Waals surface area contributed by atoms with Crippen molar-refractivity contribution >= 4 is 45.8 Å². The largest absolute Gasteiger partial charge is 0.507 e. The number of amides is 1. The number of nitrogens with one attached hydrogen (secondary N) is 1. The Bertz CT molecular complexity index is 1290. The molecule has 0 bridgehead atoms. The van der Waals surface area contributed by atoms with E-state index in [-0.39, 0.29) is 17.3 Å². The highest BCUT2D eigenvalue weighted by atomic mass is 32.1. The van der Waals surface area contributed by atoms with Crippen LogP contribution in [0.1, 0.15) is 16.5 Å². The Morgan fingerprint density at radius 3 is 2.55 bits per heavy atom. The Balaban J connectivity index is 1.69. The quantitative estimate of drug-likeness (QED) is 0.286. The zero-order chi connectivity index (χ0) is 21.5. The molecule has 1 atom stereocenters. The van der Waals surface area contributed by atoms with Crippen molar-refractivity contribution in [1.29, 1.82) is 0 Å². The fourth-order valence-corrected chi connectivity index (χ4v) is 4.55. The van der Waals surface area contributed by atoms with Gasteiger partial charge in [0, 0.05) is 10.4 Å². The number of thiophene rings is 1. The van der Waals surface area contributed by atoms with Crippen molar-refractivity contribution in [3.8, 4) is 5.75 Å². The van der Waals surface area contributed by atoms with Crippen molar-refractivity contribution in [3.63, 3.8) is 0 Å². The summed E-state index contributed by atoms with van der Waals surface area (Å²) in [5.74, 6) is -0.859. The van der Waals surface area contributed by atoms with Crippen LogP contribution in [0.15, 0.2) is 71.6 Å². The number of nitrogens with zero attached hydrogens (tertiary/aromatic N) is 2. The first-order valence-corrected chi connectivity index (χ1v) is 10.4. The molecule has 1 amide bonds. The number of aromatic amines is 1. The molecule has 3 heterocycles. The van der Waals surface area contributed by atoms with Crippen molar-refractivity contribution in [1.82, 2.24) is 9.97 Å². The summed E-state index contributed by atoms with van der Waals surface area (Å²) in [6, 6.07) is 16.9. The second-order valence-corrected chi connectivity index (χ2v) is 7.97. The van der Waals surface area contributed by atoms with Crippen LogP contribution in [0.2, 0.25) is 0 Å². The number of carbonyl (C=O) groups is 2. The van der Waals surface area contributed by atoms with E-state index in [0.717, 1.165) is 10.4 Å². The molecule has 5 rings (SSSR count). The van der Waals surface area contributed by atoms with E-state index in [1.807, 2.05) is 41.8 Å². The lowest BCUT2D eigenvalue weighted by Gasteiger charge is -2.21. The third-order valence-electron chi connectivity index (χ3n) is 5.23. The summed E-state index contributed by atoms with van der Waals surface area (Å²) in [4.78, 5) is 35.9. The highest BCUT2D eigenvalue weighted by Gasteiger charge is 2.48. The van der Waals surface area contributed by atoms with E-state index in [1.165, 1.54) is 16.2 Å². The summed E-state index contributed by atoms with van der Waals surface area (Å²) >= 11 is 1.40. The van der Waals surface area contributed by atoms with E-state index in [9.17, 15) is 14.7 Å². The van der Waals surface area contributed by atoms with Crippen LogP contribution in [0.5, 0.6) is 5.75 Å². The number of para-hydroxylation sites is 2. The molecular formula is C23H17N3O4S. The van der Waals surface area contributed by atoms with Crippen molar-refractivity contribution in [2.75, 3.05) is 12.0 Å². The van der Waals surface area contributed by atoms with E-state index in [0.29, 0.717) is 16.8 Å². The Hall–Kier alpha value is -3.91. The van der Waals surface area contributed by atoms with Crippen molar-refractivity contribution in [2.24, 2.45) is 0 Å². The van der Waals surface area contributed by atoms with Crippen LogP contribution in [-0.4, -0.2) is 33.9 Å². The number of ether oxygens (including phenoxy) is 1. The molecule has 154 valence electrons. The van der Waals surface area contributed by atoms with Gasteiger partial charge in [0.15, 0.2) is 0 Å². The number of anilines is 1. The third kappa shape index (κ3) is 3.08. The Morgan fingerprint density at radius 2 is 1.87 bits per heavy atom. The van der Waals surface area contributed by atoms with Gasteiger partial charge in [-0.2, -0.15) is 0 Å². The van der Waals surface area contributed by atoms with Gasteiger partial charge in [0.25, 0.3) is 5.78 Å². The number of aromatic nitrogens is 2. The molecule has 1 saturated heterocycles. The topological polar surface area (TPSA) is 95.5 Å². The lowest BCUT2D eigenvalue weighted by molar-refractivity contribution is -0.132. The predicted molar refractivity (Wildman–Crippen MR) is 118 cm³/mol. The zero-order valence-corrected chi connectivity index (χ0v) is 17.2. The van der Waals surface area contributed by atoms with Gasteiger partial charge in [0.1, 0.15) is 17.6 Å². The standard InChI is InChI=1S/C23H17N3O4S/c1-30-14-10-8-13(9-11-14)20(27)18-19(17-7-4-12-31-17)26(22(29)21(18)28)23-24-15-5-2-3-6-16(15)25-23/h2-12,19,27H,1H3,(H,24,25)/b20-18+. The smallest absolute Gasteiger partial charge is 0.302 e. The first-order chi connectivity index (χ1) is 15.1. The van der Waals surface area contributed by atoms with E-state index in [1.54, 1.807) is 31.4 Å². The number of imidazole rings is 1. The van der Waals surface area contributed by atoms with Gasteiger partial charge in [-0.05, 0) is 47.8 Å². The summed E-state index contributed by atoms with van der Waals surface area (Å²) in [5, 5.41) is 12.9. The number of H-pyrrole nitrogens is 1. The molecule has 1 unspecified atom stereocenters. The maximum atomic E-state index is 13.1. The second kappa shape index (κ2) is 7.41. The summed E-state index contributed by atoms with van der Waals surface area (Å²) in [6.07, 6.45) is 0. The highest BCUT2D eigenvalue weighted by Crippen LogP contribution is 2.43. The van der Waals surface area contributed by atoms with Crippen LogP contribution in [0.3, 0.4) is 0 Å². The minimum absolute atomic E-state index is 0.0260. The molecule has 0 aliphatic carbocycles. The number of ketones is 1. The van der Waals surface area contributed by atoms with Crippen molar-refractivity contribution in [3.05, 3.63) is 82.1 Å². The van der Waals surface area contributed by atoms with E-state index in [2.05, 4.69) is 9.97 Å². The average Bonchev–Trinajstić information content (AvgIpc) is 3.52. The van der Waals surface area contributed by atoms with Crippen LogP contribution >= 0.6 is 11.3 Å². The zero-order valence-electron chi connectivity index (χ0n) is 16.4. The van der Waals surface area contributed by atoms with Gasteiger partial charge in [-0.25, -0.2) is 4.98 Å². The van der Waals surface area contributed by atoms with Crippen LogP contribution < -0.4 is 9.64 Å². The normalized spacial score (nSPS) is 18.1. The Morgan fingerprint density at radius 1 is 1.10 bits per heavy atom. The molecule has 1 aliphatic heterocycles. The molecule has 0 radical (unpaired) electrons. The molecule has 2 aromatic heterocycles. The van der Waals surface area contributed by atoms with Gasteiger partial charge >= 0.3 is 5.91 Å². The Kier molecular flexibility index (Phi) is 4.56. The predicted octanol–water partition coefficient (Wildman–Crippen LogP) is 4.26. The minimum Gasteiger partial charge on any atom is -0.507 e. The lowest BCUT2D eigenvalue weighted by atomic mass is 10.00. The molecule has 0 saturated carbocycles. The number of fused-ring (bicyclic) bond motifs is 1. The van der Waals surface area contributed by atoms with Gasteiger partial charge in [0.05, 0.1) is 23.7 Å². The number of aliphatic hydroxyl groups is 1. The van der Waals surface area contributed by atoms with Crippen LogP contribution in [0.25, 0.3) is 16.8 Å². The van der Waals surface area contributed by atoms with Gasteiger partial charge < -0.3 is 14.8 Å². The fourth-order valence-electron chi connectivity index (χ4n) is 3.72. The molecule has 8 heteroatoms. The number of rotatable bonds is 4. The molecule has 0 spiro atoms. The highest BCUT2D eigenvalue weighted by molar-refractivity contribution is 7.10. The number of hydrogen-bond acceptors (Lipinski definition) is 6. The fraction of sp³-hybridized carbons (Fsp3) is 0.0870. The number of aliphatic hydroxyl groups excluding tert-OH is 1. The third-order valence-corrected chi connectivity index (χ3v) is 6.15. The monoisotopic (exact) mass is 431 g/mol. The van der Waals surface area contributed by atoms with Crippen LogP contribution in [0.4, 0.5) is 5.95 Å². The summed E-state index contributed by atoms with van der Waals surface area (Å²) in [6.45, 7) is 0. The number of Topliss-reactive ketones (excluding diaryl/α,β-unsaturated/α-hetero) is 1. The van der Waals surface area contributed by atoms with Crippen molar-refractivity contribution < 1.29 is 19.4 Å². The molecule has 4 aromatic rings. The van der Waals surface area contributed by atoms with Crippen molar-refractivity contribution in [2.45, 2.75) is 6.04 Å². The molecule has 7 nitrogen and oxygen atoms in total. The lowest BCUT2D eigenvalue weighted by Crippen LogP contribution is -2.30. The van der Waals surface area contributed by atoms with Crippen LogP contribution in [-0.2, 0) is 9.59 Å². The summed E-state index contributed by atoms with van der Waals surface area (Å²) in [5.41, 5.74) is 1.88. The van der Waals surface area contributed by atoms with Gasteiger partial charge in [-0.15, -0.1) is 11.3 Å². The number of benzene rings is 2. The number of hydrogen-bond donors (Lipinski definition) is 2. The first-order valence-electron chi connectivity index (χ1n) is 9.52. The summed E-state index contributed by atoms with van der Waals surface area (Å²) < 4.78 is 5.16. The summed E-state index contributed by atoms with van der Waals surface area (Å²) in [7, 11) is 1.55. The number of carbonyl (C=O) groups excluding carboxylic acids is 2. The molecule has 2 N–H and O–H groups in total. The van der Waals surface area contributed by atoms with Crippen LogP contribution in [0, 0.1) is 0 Å². The maximum Gasteiger partial charge on any atom is 0.302 e. The van der Waals surface area contributed by atoms with E-state index < -0.39 is 17.7 Å². The van der Waals surface area contributed by atoms with E-state index >= 15 is 0 Å². The Labute approximate surface area is 181 Å². The molecular weight excluding hydrogens is 414 g/mol. The average molecular weight is 431 g/mol. The molecule has 1 aliphatic rings. The minimum atomic E-state index is -0.789. The van der Waals surface area contributed by atoms with Gasteiger partial charge in [-0.3, -0.25) is 14.5 Å². The molecule has 31 heavy (non-hydrogen) atoms. The number of methoxy groups -OCH3 is 1. The SMILES string of the molecule is COc1ccc(/C(O)=C2\C(=O)C(=O)N(c3nc4ccccc4[nH]3)C2c2cccs2)cc1.